The van der Waals surface area contributed by atoms with E-state index >= 15 is 0 Å². The van der Waals surface area contributed by atoms with Gasteiger partial charge in [0, 0.05) is 10.0 Å². The summed E-state index contributed by atoms with van der Waals surface area (Å²) in [5.41, 5.74) is 6.94. The second kappa shape index (κ2) is 3.66. The molecule has 1 aromatic heterocycles. The van der Waals surface area contributed by atoms with Crippen molar-refractivity contribution in [2.45, 2.75) is 6.92 Å². The number of nitrogens with two attached hydrogens (primary N) is 1. The number of halogens is 2. The van der Waals surface area contributed by atoms with Crippen LogP contribution in [-0.4, -0.2) is 5.16 Å². The fourth-order valence-electron chi connectivity index (χ4n) is 1.34. The van der Waals surface area contributed by atoms with E-state index in [0.29, 0.717) is 21.2 Å². The quantitative estimate of drug-likeness (QED) is 0.866. The van der Waals surface area contributed by atoms with E-state index in [4.69, 9.17) is 10.3 Å². The number of nitrogens with zero attached hydrogens (tertiary/aromatic N) is 1. The number of anilines is 1. The molecule has 5 heteroatoms. The second-order valence-electron chi connectivity index (χ2n) is 3.16. The van der Waals surface area contributed by atoms with E-state index in [1.54, 1.807) is 19.1 Å². The van der Waals surface area contributed by atoms with Crippen LogP contribution in [0.5, 0.6) is 0 Å². The number of benzene rings is 1. The summed E-state index contributed by atoms with van der Waals surface area (Å²) in [7, 11) is 0. The number of aryl methyl sites for hydroxylation is 1. The van der Waals surface area contributed by atoms with Crippen LogP contribution in [0.3, 0.4) is 0 Å². The van der Waals surface area contributed by atoms with E-state index in [9.17, 15) is 4.39 Å². The molecule has 0 saturated heterocycles. The van der Waals surface area contributed by atoms with Gasteiger partial charge in [0.2, 0.25) is 5.88 Å². The first-order valence-corrected chi connectivity index (χ1v) is 5.05. The van der Waals surface area contributed by atoms with Crippen molar-refractivity contribution in [3.63, 3.8) is 0 Å². The van der Waals surface area contributed by atoms with Crippen LogP contribution < -0.4 is 5.73 Å². The molecule has 0 aliphatic carbocycles. The summed E-state index contributed by atoms with van der Waals surface area (Å²) >= 11 is 3.27. The predicted molar refractivity (Wildman–Crippen MR) is 58.7 cm³/mol. The monoisotopic (exact) mass is 270 g/mol. The third-order valence-corrected chi connectivity index (χ3v) is 2.81. The lowest BCUT2D eigenvalue weighted by atomic mass is 10.1. The minimum Gasteiger partial charge on any atom is -0.367 e. The Bertz CT molecular complexity index is 510. The molecule has 0 atom stereocenters. The summed E-state index contributed by atoms with van der Waals surface area (Å²) in [6.07, 6.45) is 1.40. The van der Waals surface area contributed by atoms with Gasteiger partial charge in [-0.1, -0.05) is 27.2 Å². The molecule has 2 N–H and O–H groups in total. The molecule has 2 rings (SSSR count). The first-order valence-electron chi connectivity index (χ1n) is 4.26. The first kappa shape index (κ1) is 10.2. The van der Waals surface area contributed by atoms with Gasteiger partial charge in [0.25, 0.3) is 0 Å². The van der Waals surface area contributed by atoms with E-state index in [1.807, 2.05) is 0 Å². The van der Waals surface area contributed by atoms with Gasteiger partial charge in [0.1, 0.15) is 5.82 Å². The summed E-state index contributed by atoms with van der Waals surface area (Å²) in [6.45, 7) is 1.69. The Morgan fingerprint density at radius 2 is 2.20 bits per heavy atom. The van der Waals surface area contributed by atoms with Gasteiger partial charge in [0.15, 0.2) is 0 Å². The molecular weight excluding hydrogens is 263 g/mol. The van der Waals surface area contributed by atoms with E-state index in [0.717, 1.165) is 0 Å². The molecule has 0 spiro atoms. The molecule has 15 heavy (non-hydrogen) atoms. The average molecular weight is 271 g/mol. The molecule has 0 bridgehead atoms. The van der Waals surface area contributed by atoms with E-state index in [-0.39, 0.29) is 11.7 Å². The van der Waals surface area contributed by atoms with Crippen molar-refractivity contribution in [1.29, 1.82) is 0 Å². The Hall–Kier alpha value is -1.36. The fourth-order valence-corrected chi connectivity index (χ4v) is 1.86. The molecule has 2 aromatic rings. The van der Waals surface area contributed by atoms with Crippen molar-refractivity contribution in [3.8, 4) is 11.1 Å². The summed E-state index contributed by atoms with van der Waals surface area (Å²) < 4.78 is 19.2. The van der Waals surface area contributed by atoms with Crippen molar-refractivity contribution in [1.82, 2.24) is 5.16 Å². The topological polar surface area (TPSA) is 52.0 Å². The number of rotatable bonds is 1. The normalized spacial score (nSPS) is 10.6. The summed E-state index contributed by atoms with van der Waals surface area (Å²) in [6, 6.07) is 3.45. The third kappa shape index (κ3) is 1.63. The zero-order valence-electron chi connectivity index (χ0n) is 7.92. The lowest BCUT2D eigenvalue weighted by Crippen LogP contribution is -1.92. The maximum Gasteiger partial charge on any atom is 0.230 e. The van der Waals surface area contributed by atoms with E-state index < -0.39 is 0 Å². The molecule has 0 radical (unpaired) electrons. The molecule has 0 saturated carbocycles. The Kier molecular flexibility index (Phi) is 2.48. The van der Waals surface area contributed by atoms with Crippen molar-refractivity contribution in [2.75, 3.05) is 5.73 Å². The number of aromatic nitrogens is 1. The van der Waals surface area contributed by atoms with Gasteiger partial charge in [-0.15, -0.1) is 0 Å². The minimum atomic E-state index is -0.320. The molecule has 0 unspecified atom stereocenters. The molecule has 3 nitrogen and oxygen atoms in total. The Morgan fingerprint density at radius 1 is 1.47 bits per heavy atom. The highest BCUT2D eigenvalue weighted by atomic mass is 79.9. The first-order chi connectivity index (χ1) is 7.11. The van der Waals surface area contributed by atoms with Crippen LogP contribution in [0.2, 0.25) is 0 Å². The Labute approximate surface area is 94.2 Å². The van der Waals surface area contributed by atoms with E-state index in [2.05, 4.69) is 21.1 Å². The highest BCUT2D eigenvalue weighted by Crippen LogP contribution is 2.35. The van der Waals surface area contributed by atoms with Crippen LogP contribution in [0.15, 0.2) is 27.3 Å². The van der Waals surface area contributed by atoms with Crippen LogP contribution in [-0.2, 0) is 0 Å². The van der Waals surface area contributed by atoms with Gasteiger partial charge in [-0.2, -0.15) is 0 Å². The molecule has 0 fully saturated rings. The van der Waals surface area contributed by atoms with Gasteiger partial charge >= 0.3 is 0 Å². The van der Waals surface area contributed by atoms with Crippen molar-refractivity contribution in [3.05, 3.63) is 34.2 Å². The standard InChI is InChI=1S/C10H8BrFN2O/c1-5-2-3-7(11)8(9(5)12)6-4-14-15-10(6)13/h2-4H,13H2,1H3. The summed E-state index contributed by atoms with van der Waals surface area (Å²) in [5, 5.41) is 3.52. The lowest BCUT2D eigenvalue weighted by Gasteiger charge is -2.06. The summed E-state index contributed by atoms with van der Waals surface area (Å²) in [5.74, 6) is -0.209. The number of hydrogen-bond acceptors (Lipinski definition) is 3. The zero-order valence-corrected chi connectivity index (χ0v) is 9.51. The molecule has 1 heterocycles. The zero-order chi connectivity index (χ0) is 11.0. The van der Waals surface area contributed by atoms with Crippen molar-refractivity contribution in [2.24, 2.45) is 0 Å². The Balaban J connectivity index is 2.72. The third-order valence-electron chi connectivity index (χ3n) is 2.15. The molecule has 0 amide bonds. The van der Waals surface area contributed by atoms with Crippen LogP contribution in [0.25, 0.3) is 11.1 Å². The largest absolute Gasteiger partial charge is 0.367 e. The smallest absolute Gasteiger partial charge is 0.230 e. The highest BCUT2D eigenvalue weighted by molar-refractivity contribution is 9.10. The summed E-state index contributed by atoms with van der Waals surface area (Å²) in [4.78, 5) is 0. The lowest BCUT2D eigenvalue weighted by molar-refractivity contribution is 0.436. The van der Waals surface area contributed by atoms with Gasteiger partial charge in [-0.3, -0.25) is 0 Å². The number of nitrogen functional groups attached to an aromatic ring is 1. The van der Waals surface area contributed by atoms with Crippen molar-refractivity contribution < 1.29 is 8.91 Å². The second-order valence-corrected chi connectivity index (χ2v) is 4.01. The van der Waals surface area contributed by atoms with Gasteiger partial charge in [-0.25, -0.2) is 4.39 Å². The van der Waals surface area contributed by atoms with Gasteiger partial charge in [-0.05, 0) is 18.6 Å². The minimum absolute atomic E-state index is 0.111. The van der Waals surface area contributed by atoms with Crippen LogP contribution in [0.4, 0.5) is 10.3 Å². The van der Waals surface area contributed by atoms with E-state index in [1.165, 1.54) is 6.20 Å². The van der Waals surface area contributed by atoms with Gasteiger partial charge < -0.3 is 10.3 Å². The molecular formula is C10H8BrFN2O. The van der Waals surface area contributed by atoms with Crippen molar-refractivity contribution >= 4 is 21.8 Å². The number of hydrogen-bond donors (Lipinski definition) is 1. The molecule has 78 valence electrons. The van der Waals surface area contributed by atoms with Crippen LogP contribution in [0, 0.1) is 12.7 Å². The molecule has 1 aromatic carbocycles. The van der Waals surface area contributed by atoms with Crippen LogP contribution >= 0.6 is 15.9 Å². The van der Waals surface area contributed by atoms with Crippen LogP contribution in [0.1, 0.15) is 5.56 Å². The fraction of sp³-hybridized carbons (Fsp3) is 0.100. The Morgan fingerprint density at radius 3 is 2.80 bits per heavy atom. The predicted octanol–water partition coefficient (Wildman–Crippen LogP) is 3.13. The maximum absolute atomic E-state index is 13.9. The highest BCUT2D eigenvalue weighted by Gasteiger charge is 2.16. The molecule has 0 aliphatic heterocycles. The average Bonchev–Trinajstić information content (AvgIpc) is 2.60. The molecule has 0 aliphatic rings. The maximum atomic E-state index is 13.9. The SMILES string of the molecule is Cc1ccc(Br)c(-c2cnoc2N)c1F. The van der Waals surface area contributed by atoms with Gasteiger partial charge in [0.05, 0.1) is 11.8 Å².